The standard InChI is InChI=1S/C40H34BNO3/c1-39(2)40(3,4)45-41(44-39)31-17-22-35-36-23-21-34(26-38(36)43-37(35)25-31)42(33-20-16-28-12-8-9-13-30(28)24-33)32-18-14-29(15-19-32)27-10-6-5-7-11-27/h5-26H,1-4H3. The summed E-state index contributed by atoms with van der Waals surface area (Å²) in [4.78, 5) is 2.30. The van der Waals surface area contributed by atoms with Gasteiger partial charge in [-0.1, -0.05) is 84.9 Å². The first-order valence-corrected chi connectivity index (χ1v) is 15.5. The predicted octanol–water partition coefficient (Wildman–Crippen LogP) is 10.2. The zero-order chi connectivity index (χ0) is 30.8. The van der Waals surface area contributed by atoms with Crippen LogP contribution in [0.5, 0.6) is 0 Å². The number of rotatable bonds is 5. The Morgan fingerprint density at radius 1 is 0.489 bits per heavy atom. The molecule has 1 aliphatic heterocycles. The van der Waals surface area contributed by atoms with Crippen LogP contribution >= 0.6 is 0 Å². The third kappa shape index (κ3) is 4.80. The van der Waals surface area contributed by atoms with Crippen LogP contribution in [-0.4, -0.2) is 18.3 Å². The predicted molar refractivity (Wildman–Crippen MR) is 187 cm³/mol. The van der Waals surface area contributed by atoms with E-state index in [1.54, 1.807) is 0 Å². The van der Waals surface area contributed by atoms with E-state index in [1.165, 1.54) is 21.9 Å². The second-order valence-electron chi connectivity index (χ2n) is 12.9. The van der Waals surface area contributed by atoms with Gasteiger partial charge in [0, 0.05) is 33.9 Å². The lowest BCUT2D eigenvalue weighted by Gasteiger charge is -2.32. The van der Waals surface area contributed by atoms with Crippen molar-refractivity contribution in [2.24, 2.45) is 0 Å². The SMILES string of the molecule is CC1(C)OB(c2ccc3c(c2)oc2cc(N(c4ccc(-c5ccccc5)cc4)c4ccc5ccccc5c4)ccc23)OC1(C)C. The number of benzene rings is 6. The molecule has 8 rings (SSSR count). The summed E-state index contributed by atoms with van der Waals surface area (Å²) in [5.41, 5.74) is 7.37. The van der Waals surface area contributed by atoms with Crippen LogP contribution < -0.4 is 10.4 Å². The molecule has 0 bridgehead atoms. The molecule has 1 aromatic heterocycles. The van der Waals surface area contributed by atoms with Gasteiger partial charge in [-0.15, -0.1) is 0 Å². The Labute approximate surface area is 264 Å². The molecule has 0 spiro atoms. The normalized spacial score (nSPS) is 15.7. The second kappa shape index (κ2) is 10.4. The van der Waals surface area contributed by atoms with Gasteiger partial charge in [0.05, 0.1) is 11.2 Å². The van der Waals surface area contributed by atoms with E-state index in [9.17, 15) is 0 Å². The van der Waals surface area contributed by atoms with Crippen molar-refractivity contribution in [2.45, 2.75) is 38.9 Å². The van der Waals surface area contributed by atoms with Crippen molar-refractivity contribution in [1.82, 2.24) is 0 Å². The lowest BCUT2D eigenvalue weighted by Crippen LogP contribution is -2.41. The van der Waals surface area contributed by atoms with Gasteiger partial charge in [-0.2, -0.15) is 0 Å². The molecule has 0 amide bonds. The molecule has 0 aliphatic carbocycles. The maximum atomic E-state index is 6.53. The van der Waals surface area contributed by atoms with Crippen LogP contribution in [0.1, 0.15) is 27.7 Å². The number of anilines is 3. The summed E-state index contributed by atoms with van der Waals surface area (Å²) in [7, 11) is -0.439. The highest BCUT2D eigenvalue weighted by molar-refractivity contribution is 6.62. The second-order valence-corrected chi connectivity index (χ2v) is 12.9. The number of fused-ring (bicyclic) bond motifs is 4. The zero-order valence-corrected chi connectivity index (χ0v) is 26.0. The number of nitrogens with zero attached hydrogens (tertiary/aromatic N) is 1. The fourth-order valence-electron chi connectivity index (χ4n) is 6.24. The minimum Gasteiger partial charge on any atom is -0.456 e. The summed E-state index contributed by atoms with van der Waals surface area (Å²) >= 11 is 0. The maximum absolute atomic E-state index is 6.53. The summed E-state index contributed by atoms with van der Waals surface area (Å²) in [6.45, 7) is 8.30. The molecule has 0 unspecified atom stereocenters. The van der Waals surface area contributed by atoms with Crippen LogP contribution in [0.4, 0.5) is 17.1 Å². The Morgan fingerprint density at radius 2 is 1.04 bits per heavy atom. The highest BCUT2D eigenvalue weighted by atomic mass is 16.7. The molecule has 2 heterocycles. The van der Waals surface area contributed by atoms with Gasteiger partial charge in [0.15, 0.2) is 0 Å². The van der Waals surface area contributed by atoms with Crippen molar-refractivity contribution in [3.8, 4) is 11.1 Å². The lowest BCUT2D eigenvalue weighted by molar-refractivity contribution is 0.00578. The molecule has 0 atom stereocenters. The molecule has 0 N–H and O–H groups in total. The average Bonchev–Trinajstić information content (AvgIpc) is 3.53. The third-order valence-corrected chi connectivity index (χ3v) is 9.49. The Hall–Kier alpha value is -4.84. The Balaban J connectivity index is 1.22. The van der Waals surface area contributed by atoms with E-state index in [0.29, 0.717) is 0 Å². The molecule has 220 valence electrons. The van der Waals surface area contributed by atoms with Crippen LogP contribution in [0.25, 0.3) is 43.8 Å². The van der Waals surface area contributed by atoms with E-state index < -0.39 is 18.3 Å². The van der Waals surface area contributed by atoms with E-state index >= 15 is 0 Å². The molecule has 1 saturated heterocycles. The highest BCUT2D eigenvalue weighted by Crippen LogP contribution is 2.41. The monoisotopic (exact) mass is 587 g/mol. The number of hydrogen-bond donors (Lipinski definition) is 0. The van der Waals surface area contributed by atoms with Gasteiger partial charge in [0.2, 0.25) is 0 Å². The van der Waals surface area contributed by atoms with Gasteiger partial charge in [0.1, 0.15) is 11.2 Å². The molecule has 4 nitrogen and oxygen atoms in total. The van der Waals surface area contributed by atoms with Gasteiger partial charge in [-0.05, 0) is 97.5 Å². The minimum absolute atomic E-state index is 0.402. The van der Waals surface area contributed by atoms with Crippen molar-refractivity contribution in [3.63, 3.8) is 0 Å². The molecule has 1 fully saturated rings. The Morgan fingerprint density at radius 3 is 1.78 bits per heavy atom. The molecular formula is C40H34BNO3. The molecule has 1 aliphatic rings. The summed E-state index contributed by atoms with van der Waals surface area (Å²) < 4.78 is 19.2. The van der Waals surface area contributed by atoms with E-state index in [-0.39, 0.29) is 0 Å². The fraction of sp³-hybridized carbons (Fsp3) is 0.150. The van der Waals surface area contributed by atoms with E-state index in [0.717, 1.165) is 44.5 Å². The van der Waals surface area contributed by atoms with Crippen LogP contribution in [0.3, 0.4) is 0 Å². The molecule has 6 aromatic carbocycles. The van der Waals surface area contributed by atoms with E-state index in [1.807, 2.05) is 6.07 Å². The molecule has 45 heavy (non-hydrogen) atoms. The van der Waals surface area contributed by atoms with Crippen molar-refractivity contribution in [3.05, 3.63) is 133 Å². The topological polar surface area (TPSA) is 34.8 Å². The van der Waals surface area contributed by atoms with Crippen molar-refractivity contribution >= 4 is 62.4 Å². The highest BCUT2D eigenvalue weighted by Gasteiger charge is 2.51. The van der Waals surface area contributed by atoms with Gasteiger partial charge < -0.3 is 18.6 Å². The first kappa shape index (κ1) is 27.7. The third-order valence-electron chi connectivity index (χ3n) is 9.49. The van der Waals surface area contributed by atoms with Crippen molar-refractivity contribution in [2.75, 3.05) is 4.90 Å². The van der Waals surface area contributed by atoms with E-state index in [2.05, 4.69) is 160 Å². The smallest absolute Gasteiger partial charge is 0.456 e. The lowest BCUT2D eigenvalue weighted by atomic mass is 9.79. The Bertz CT molecular complexity index is 2170. The van der Waals surface area contributed by atoms with Gasteiger partial charge in [0.25, 0.3) is 0 Å². The van der Waals surface area contributed by atoms with Gasteiger partial charge in [-0.25, -0.2) is 0 Å². The molecule has 0 radical (unpaired) electrons. The first-order chi connectivity index (χ1) is 21.8. The quantitative estimate of drug-likeness (QED) is 0.188. The van der Waals surface area contributed by atoms with Gasteiger partial charge >= 0.3 is 7.12 Å². The molecule has 5 heteroatoms. The molecule has 0 saturated carbocycles. The summed E-state index contributed by atoms with van der Waals surface area (Å²) in [6.07, 6.45) is 0. The van der Waals surface area contributed by atoms with E-state index in [4.69, 9.17) is 13.7 Å². The van der Waals surface area contributed by atoms with Crippen LogP contribution in [-0.2, 0) is 9.31 Å². The largest absolute Gasteiger partial charge is 0.494 e. The summed E-state index contributed by atoms with van der Waals surface area (Å²) in [5, 5.41) is 4.56. The van der Waals surface area contributed by atoms with Crippen molar-refractivity contribution < 1.29 is 13.7 Å². The first-order valence-electron chi connectivity index (χ1n) is 15.5. The fourth-order valence-corrected chi connectivity index (χ4v) is 6.24. The maximum Gasteiger partial charge on any atom is 0.494 e. The summed E-state index contributed by atoms with van der Waals surface area (Å²) in [5.74, 6) is 0. The molecule has 7 aromatic rings. The van der Waals surface area contributed by atoms with Crippen LogP contribution in [0.2, 0.25) is 0 Å². The van der Waals surface area contributed by atoms with Gasteiger partial charge in [-0.3, -0.25) is 0 Å². The molecular weight excluding hydrogens is 553 g/mol. The zero-order valence-electron chi connectivity index (χ0n) is 26.0. The number of furan rings is 1. The van der Waals surface area contributed by atoms with Crippen LogP contribution in [0, 0.1) is 0 Å². The summed E-state index contributed by atoms with van der Waals surface area (Å²) in [6, 6.07) is 47.1. The minimum atomic E-state index is -0.439. The van der Waals surface area contributed by atoms with Crippen molar-refractivity contribution in [1.29, 1.82) is 0 Å². The Kier molecular flexibility index (Phi) is 6.38. The number of hydrogen-bond acceptors (Lipinski definition) is 4. The average molecular weight is 588 g/mol. The van der Waals surface area contributed by atoms with Crippen LogP contribution in [0.15, 0.2) is 138 Å².